The van der Waals surface area contributed by atoms with Crippen LogP contribution >= 0.6 is 0 Å². The number of aldehydes is 3. The van der Waals surface area contributed by atoms with Gasteiger partial charge in [0, 0.05) is 52.4 Å². The Labute approximate surface area is 132 Å². The van der Waals surface area contributed by atoms with Crippen LogP contribution in [0.4, 0.5) is 0 Å². The molecule has 0 radical (unpaired) electrons. The second-order valence-corrected chi connectivity index (χ2v) is 5.71. The van der Waals surface area contributed by atoms with Gasteiger partial charge < -0.3 is 19.3 Å². The summed E-state index contributed by atoms with van der Waals surface area (Å²) in [5, 5.41) is 0. The highest BCUT2D eigenvalue weighted by molar-refractivity contribution is 5.52. The van der Waals surface area contributed by atoms with Gasteiger partial charge in [0.05, 0.1) is 19.6 Å². The summed E-state index contributed by atoms with van der Waals surface area (Å²) in [5.41, 5.74) is 0. The Bertz CT molecular complexity index is 315. The first kappa shape index (κ1) is 18.9. The van der Waals surface area contributed by atoms with E-state index < -0.39 is 0 Å². The average molecular weight is 312 g/mol. The molecule has 0 amide bonds. The van der Waals surface area contributed by atoms with Crippen molar-refractivity contribution in [2.24, 2.45) is 0 Å². The highest BCUT2D eigenvalue weighted by Gasteiger charge is 2.14. The third kappa shape index (κ3) is 7.74. The van der Waals surface area contributed by atoms with Crippen LogP contribution in [0.5, 0.6) is 0 Å². The summed E-state index contributed by atoms with van der Waals surface area (Å²) in [6, 6.07) is 0. The maximum Gasteiger partial charge on any atom is 0.133 e. The van der Waals surface area contributed by atoms with Crippen LogP contribution in [0.25, 0.3) is 0 Å². The first-order valence-electron chi connectivity index (χ1n) is 7.86. The normalized spacial score (nSPS) is 21.7. The van der Waals surface area contributed by atoms with Gasteiger partial charge in [-0.1, -0.05) is 0 Å². The van der Waals surface area contributed by atoms with Gasteiger partial charge in [-0.05, 0) is 7.05 Å². The predicted octanol–water partition coefficient (Wildman–Crippen LogP) is -1.57. The van der Waals surface area contributed by atoms with Crippen molar-refractivity contribution in [2.75, 3.05) is 79.0 Å². The summed E-state index contributed by atoms with van der Waals surface area (Å²) >= 11 is 0. The minimum atomic E-state index is 0.393. The first-order valence-corrected chi connectivity index (χ1v) is 7.86. The Balaban J connectivity index is 2.65. The molecule has 22 heavy (non-hydrogen) atoms. The smallest absolute Gasteiger partial charge is 0.133 e. The monoisotopic (exact) mass is 312 g/mol. The predicted molar refractivity (Wildman–Crippen MR) is 85.0 cm³/mol. The molecular formula is C15H28N4O3. The van der Waals surface area contributed by atoms with E-state index in [1.807, 2.05) is 0 Å². The van der Waals surface area contributed by atoms with Gasteiger partial charge >= 0.3 is 0 Å². The standard InChI is InChI=1S/C15H28N4O3/c1-16-2-4-17(10-13-20)6-8-19(12-15-22)9-7-18(5-3-16)11-14-21/h13-15H,2-12H2,1H3. The van der Waals surface area contributed by atoms with E-state index in [-0.39, 0.29) is 0 Å². The number of hydrogen-bond donors (Lipinski definition) is 0. The van der Waals surface area contributed by atoms with Crippen molar-refractivity contribution in [2.45, 2.75) is 0 Å². The summed E-state index contributed by atoms with van der Waals surface area (Å²) < 4.78 is 0. The van der Waals surface area contributed by atoms with Gasteiger partial charge in [0.15, 0.2) is 0 Å². The number of hydrogen-bond acceptors (Lipinski definition) is 7. The van der Waals surface area contributed by atoms with Crippen molar-refractivity contribution < 1.29 is 14.4 Å². The minimum Gasteiger partial charge on any atom is -0.304 e. The zero-order valence-electron chi connectivity index (χ0n) is 13.5. The molecule has 0 unspecified atom stereocenters. The quantitative estimate of drug-likeness (QED) is 0.549. The van der Waals surface area contributed by atoms with Crippen molar-refractivity contribution in [3.8, 4) is 0 Å². The Morgan fingerprint density at radius 1 is 0.591 bits per heavy atom. The molecule has 1 aliphatic heterocycles. The molecule has 7 nitrogen and oxygen atoms in total. The second kappa shape index (κ2) is 11.4. The second-order valence-electron chi connectivity index (χ2n) is 5.71. The zero-order chi connectivity index (χ0) is 16.2. The van der Waals surface area contributed by atoms with Gasteiger partial charge in [-0.15, -0.1) is 0 Å². The van der Waals surface area contributed by atoms with Crippen molar-refractivity contribution in [1.29, 1.82) is 0 Å². The molecule has 1 heterocycles. The topological polar surface area (TPSA) is 64.2 Å². The maximum absolute atomic E-state index is 10.8. The van der Waals surface area contributed by atoms with E-state index >= 15 is 0 Å². The molecular weight excluding hydrogens is 284 g/mol. The number of nitrogens with zero attached hydrogens (tertiary/aromatic N) is 4. The van der Waals surface area contributed by atoms with E-state index in [2.05, 4.69) is 26.6 Å². The molecule has 0 bridgehead atoms. The lowest BCUT2D eigenvalue weighted by Crippen LogP contribution is -2.46. The summed E-state index contributed by atoms with van der Waals surface area (Å²) in [6.45, 7) is 7.74. The lowest BCUT2D eigenvalue weighted by Gasteiger charge is -2.31. The summed E-state index contributed by atoms with van der Waals surface area (Å²) in [7, 11) is 2.06. The van der Waals surface area contributed by atoms with Crippen LogP contribution in [-0.4, -0.2) is 117 Å². The number of carbonyl (C=O) groups excluding carboxylic acids is 3. The van der Waals surface area contributed by atoms with E-state index in [4.69, 9.17) is 0 Å². The van der Waals surface area contributed by atoms with Crippen LogP contribution in [0.3, 0.4) is 0 Å². The maximum atomic E-state index is 10.8. The molecule has 1 saturated heterocycles. The van der Waals surface area contributed by atoms with Gasteiger partial charge in [-0.25, -0.2) is 0 Å². The third-order valence-electron chi connectivity index (χ3n) is 4.06. The van der Waals surface area contributed by atoms with Crippen LogP contribution < -0.4 is 0 Å². The molecule has 7 heteroatoms. The molecule has 0 aromatic heterocycles. The van der Waals surface area contributed by atoms with Gasteiger partial charge in [-0.3, -0.25) is 14.7 Å². The molecule has 126 valence electrons. The highest BCUT2D eigenvalue weighted by atomic mass is 16.1. The average Bonchev–Trinajstić information content (AvgIpc) is 2.51. The molecule has 1 rings (SSSR count). The van der Waals surface area contributed by atoms with E-state index in [0.29, 0.717) is 19.6 Å². The number of rotatable bonds is 6. The Hall–Kier alpha value is -1.15. The highest BCUT2D eigenvalue weighted by Crippen LogP contribution is 1.98. The van der Waals surface area contributed by atoms with E-state index in [1.54, 1.807) is 0 Å². The number of carbonyl (C=O) groups is 3. The van der Waals surface area contributed by atoms with Gasteiger partial charge in [0.1, 0.15) is 18.9 Å². The van der Waals surface area contributed by atoms with Crippen LogP contribution in [0.2, 0.25) is 0 Å². The molecule has 1 fully saturated rings. The lowest BCUT2D eigenvalue weighted by molar-refractivity contribution is -0.110. The summed E-state index contributed by atoms with van der Waals surface area (Å²) in [5.74, 6) is 0. The van der Waals surface area contributed by atoms with Crippen molar-refractivity contribution >= 4 is 18.9 Å². The fourth-order valence-corrected chi connectivity index (χ4v) is 2.50. The lowest BCUT2D eigenvalue weighted by atomic mass is 10.3. The first-order chi connectivity index (χ1) is 10.7. The zero-order valence-corrected chi connectivity index (χ0v) is 13.5. The van der Waals surface area contributed by atoms with Crippen molar-refractivity contribution in [1.82, 2.24) is 19.6 Å². The minimum absolute atomic E-state index is 0.393. The van der Waals surface area contributed by atoms with E-state index in [1.165, 1.54) is 0 Å². The summed E-state index contributed by atoms with van der Waals surface area (Å²) in [6.07, 6.45) is 2.78. The molecule has 0 N–H and O–H groups in total. The molecule has 0 aromatic rings. The van der Waals surface area contributed by atoms with Gasteiger partial charge in [-0.2, -0.15) is 0 Å². The Kier molecular flexibility index (Phi) is 9.81. The number of likely N-dealkylation sites (N-methyl/N-ethyl adjacent to an activating group) is 1. The van der Waals surface area contributed by atoms with Gasteiger partial charge in [0.2, 0.25) is 0 Å². The molecule has 0 spiro atoms. The van der Waals surface area contributed by atoms with Crippen molar-refractivity contribution in [3.05, 3.63) is 0 Å². The van der Waals surface area contributed by atoms with Gasteiger partial charge in [0.25, 0.3) is 0 Å². The van der Waals surface area contributed by atoms with Crippen LogP contribution in [0, 0.1) is 0 Å². The Morgan fingerprint density at radius 3 is 1.14 bits per heavy atom. The SMILES string of the molecule is CN1CCN(CC=O)CCN(CC=O)CCN(CC=O)CC1. The largest absolute Gasteiger partial charge is 0.304 e. The van der Waals surface area contributed by atoms with Crippen molar-refractivity contribution in [3.63, 3.8) is 0 Å². The third-order valence-corrected chi connectivity index (χ3v) is 4.06. The molecule has 0 saturated carbocycles. The van der Waals surface area contributed by atoms with Crippen LogP contribution in [-0.2, 0) is 14.4 Å². The fraction of sp³-hybridized carbons (Fsp3) is 0.800. The summed E-state index contributed by atoms with van der Waals surface area (Å²) in [4.78, 5) is 40.9. The van der Waals surface area contributed by atoms with Crippen LogP contribution in [0.15, 0.2) is 0 Å². The van der Waals surface area contributed by atoms with E-state index in [0.717, 1.165) is 71.2 Å². The molecule has 1 aliphatic rings. The molecule has 0 aromatic carbocycles. The fourth-order valence-electron chi connectivity index (χ4n) is 2.50. The Morgan fingerprint density at radius 2 is 0.864 bits per heavy atom. The van der Waals surface area contributed by atoms with E-state index in [9.17, 15) is 14.4 Å². The van der Waals surface area contributed by atoms with Crippen LogP contribution in [0.1, 0.15) is 0 Å². The molecule has 0 atom stereocenters. The molecule has 0 aliphatic carbocycles.